The SMILES string of the molecule is COCC(=O)Nc1ncc(Cc2cccc(C)c2Cl)s1. The van der Waals surface area contributed by atoms with Gasteiger partial charge >= 0.3 is 0 Å². The third kappa shape index (κ3) is 3.79. The summed E-state index contributed by atoms with van der Waals surface area (Å²) < 4.78 is 4.75. The molecule has 1 N–H and O–H groups in total. The molecule has 6 heteroatoms. The molecule has 0 saturated carbocycles. The normalized spacial score (nSPS) is 10.6. The zero-order valence-corrected chi connectivity index (χ0v) is 12.8. The van der Waals surface area contributed by atoms with E-state index in [0.717, 1.165) is 21.0 Å². The maximum atomic E-state index is 11.4. The van der Waals surface area contributed by atoms with E-state index in [1.165, 1.54) is 18.4 Å². The summed E-state index contributed by atoms with van der Waals surface area (Å²) >= 11 is 7.71. The second kappa shape index (κ2) is 6.83. The summed E-state index contributed by atoms with van der Waals surface area (Å²) in [5.41, 5.74) is 2.12. The van der Waals surface area contributed by atoms with Crippen LogP contribution < -0.4 is 5.32 Å². The first-order valence-corrected chi connectivity index (χ1v) is 7.27. The van der Waals surface area contributed by atoms with E-state index in [4.69, 9.17) is 16.3 Å². The van der Waals surface area contributed by atoms with E-state index in [9.17, 15) is 4.79 Å². The molecule has 0 unspecified atom stereocenters. The monoisotopic (exact) mass is 310 g/mol. The molecule has 0 aliphatic heterocycles. The number of carbonyl (C=O) groups is 1. The number of halogens is 1. The number of hydrogen-bond acceptors (Lipinski definition) is 4. The predicted octanol–water partition coefficient (Wildman–Crippen LogP) is 3.28. The molecule has 0 spiro atoms. The number of anilines is 1. The highest BCUT2D eigenvalue weighted by atomic mass is 35.5. The summed E-state index contributed by atoms with van der Waals surface area (Å²) in [4.78, 5) is 16.6. The molecule has 1 aromatic carbocycles. The molecule has 0 bridgehead atoms. The number of methoxy groups -OCH3 is 1. The number of ether oxygens (including phenoxy) is 1. The van der Waals surface area contributed by atoms with E-state index in [1.807, 2.05) is 25.1 Å². The van der Waals surface area contributed by atoms with Gasteiger partial charge in [-0.2, -0.15) is 0 Å². The second-order valence-electron chi connectivity index (χ2n) is 4.34. The van der Waals surface area contributed by atoms with Gasteiger partial charge in [-0.25, -0.2) is 4.98 Å². The Morgan fingerprint density at radius 3 is 3.05 bits per heavy atom. The van der Waals surface area contributed by atoms with Crippen LogP contribution >= 0.6 is 22.9 Å². The van der Waals surface area contributed by atoms with Gasteiger partial charge in [0.2, 0.25) is 0 Å². The number of nitrogens with one attached hydrogen (secondary N) is 1. The highest BCUT2D eigenvalue weighted by molar-refractivity contribution is 7.15. The van der Waals surface area contributed by atoms with Gasteiger partial charge in [0, 0.05) is 29.6 Å². The van der Waals surface area contributed by atoms with Crippen molar-refractivity contribution in [3.05, 3.63) is 45.4 Å². The highest BCUT2D eigenvalue weighted by Gasteiger charge is 2.09. The molecular formula is C14H15ClN2O2S. The van der Waals surface area contributed by atoms with Crippen LogP contribution in [0.1, 0.15) is 16.0 Å². The van der Waals surface area contributed by atoms with Gasteiger partial charge < -0.3 is 4.74 Å². The van der Waals surface area contributed by atoms with E-state index in [0.29, 0.717) is 11.6 Å². The maximum Gasteiger partial charge on any atom is 0.252 e. The van der Waals surface area contributed by atoms with Crippen LogP contribution in [0.5, 0.6) is 0 Å². The van der Waals surface area contributed by atoms with E-state index < -0.39 is 0 Å². The van der Waals surface area contributed by atoms with Gasteiger partial charge in [-0.1, -0.05) is 29.8 Å². The lowest BCUT2D eigenvalue weighted by Crippen LogP contribution is -2.16. The highest BCUT2D eigenvalue weighted by Crippen LogP contribution is 2.26. The Hall–Kier alpha value is -1.43. The van der Waals surface area contributed by atoms with Crippen LogP contribution in [0.15, 0.2) is 24.4 Å². The van der Waals surface area contributed by atoms with Crippen molar-refractivity contribution in [1.29, 1.82) is 0 Å². The van der Waals surface area contributed by atoms with Crippen molar-refractivity contribution in [3.63, 3.8) is 0 Å². The first-order chi connectivity index (χ1) is 9.60. The van der Waals surface area contributed by atoms with Crippen LogP contribution in [0.4, 0.5) is 5.13 Å². The third-order valence-electron chi connectivity index (χ3n) is 2.71. The lowest BCUT2D eigenvalue weighted by Gasteiger charge is -2.04. The summed E-state index contributed by atoms with van der Waals surface area (Å²) in [6, 6.07) is 5.96. The molecule has 0 aliphatic rings. The summed E-state index contributed by atoms with van der Waals surface area (Å²) in [6.07, 6.45) is 2.46. The average molecular weight is 311 g/mol. The van der Waals surface area contributed by atoms with Crippen LogP contribution in [0.25, 0.3) is 0 Å². The molecule has 1 heterocycles. The van der Waals surface area contributed by atoms with Crippen LogP contribution in [0, 0.1) is 6.92 Å². The topological polar surface area (TPSA) is 51.2 Å². The van der Waals surface area contributed by atoms with Gasteiger partial charge in [0.1, 0.15) is 6.61 Å². The molecule has 4 nitrogen and oxygen atoms in total. The average Bonchev–Trinajstić information content (AvgIpc) is 2.82. The Labute approximate surface area is 126 Å². The molecule has 2 rings (SSSR count). The molecule has 0 fully saturated rings. The lowest BCUT2D eigenvalue weighted by molar-refractivity contribution is -0.119. The summed E-state index contributed by atoms with van der Waals surface area (Å²) in [5.74, 6) is -0.206. The smallest absolute Gasteiger partial charge is 0.252 e. The van der Waals surface area contributed by atoms with Crippen LogP contribution in [0.2, 0.25) is 5.02 Å². The van der Waals surface area contributed by atoms with E-state index in [1.54, 1.807) is 6.20 Å². The minimum atomic E-state index is -0.206. The van der Waals surface area contributed by atoms with E-state index >= 15 is 0 Å². The Kier molecular flexibility index (Phi) is 5.11. The van der Waals surface area contributed by atoms with Gasteiger partial charge in [-0.3, -0.25) is 10.1 Å². The zero-order valence-electron chi connectivity index (χ0n) is 11.3. The van der Waals surface area contributed by atoms with Crippen molar-refractivity contribution in [3.8, 4) is 0 Å². The Morgan fingerprint density at radius 1 is 1.50 bits per heavy atom. The van der Waals surface area contributed by atoms with Crippen molar-refractivity contribution >= 4 is 34.0 Å². The molecule has 0 atom stereocenters. The zero-order chi connectivity index (χ0) is 14.5. The number of amides is 1. The number of nitrogens with zero attached hydrogens (tertiary/aromatic N) is 1. The quantitative estimate of drug-likeness (QED) is 0.922. The molecule has 20 heavy (non-hydrogen) atoms. The van der Waals surface area contributed by atoms with Crippen molar-refractivity contribution in [2.45, 2.75) is 13.3 Å². The number of carbonyl (C=O) groups excluding carboxylic acids is 1. The second-order valence-corrected chi connectivity index (χ2v) is 5.83. The van der Waals surface area contributed by atoms with Crippen molar-refractivity contribution < 1.29 is 9.53 Å². The van der Waals surface area contributed by atoms with E-state index in [2.05, 4.69) is 10.3 Å². The Morgan fingerprint density at radius 2 is 2.30 bits per heavy atom. The fraction of sp³-hybridized carbons (Fsp3) is 0.286. The van der Waals surface area contributed by atoms with E-state index in [-0.39, 0.29) is 12.5 Å². The van der Waals surface area contributed by atoms with Crippen molar-refractivity contribution in [2.75, 3.05) is 19.0 Å². The Bertz CT molecular complexity index is 613. The predicted molar refractivity (Wildman–Crippen MR) is 81.6 cm³/mol. The minimum Gasteiger partial charge on any atom is -0.375 e. The fourth-order valence-corrected chi connectivity index (χ4v) is 2.81. The first kappa shape index (κ1) is 15.0. The van der Waals surface area contributed by atoms with Crippen LogP contribution in [-0.4, -0.2) is 24.6 Å². The van der Waals surface area contributed by atoms with Gasteiger partial charge in [0.05, 0.1) is 0 Å². The fourth-order valence-electron chi connectivity index (χ4n) is 1.77. The molecule has 1 amide bonds. The summed E-state index contributed by atoms with van der Waals surface area (Å²) in [5, 5.41) is 4.04. The molecule has 2 aromatic rings. The van der Waals surface area contributed by atoms with Crippen molar-refractivity contribution in [1.82, 2.24) is 4.98 Å². The van der Waals surface area contributed by atoms with Crippen LogP contribution in [-0.2, 0) is 16.0 Å². The minimum absolute atomic E-state index is 0.0264. The van der Waals surface area contributed by atoms with Gasteiger partial charge in [-0.15, -0.1) is 11.3 Å². The van der Waals surface area contributed by atoms with Gasteiger partial charge in [0.25, 0.3) is 5.91 Å². The molecule has 0 saturated heterocycles. The number of benzene rings is 1. The number of aromatic nitrogens is 1. The van der Waals surface area contributed by atoms with Crippen molar-refractivity contribution in [2.24, 2.45) is 0 Å². The maximum absolute atomic E-state index is 11.4. The lowest BCUT2D eigenvalue weighted by atomic mass is 10.1. The number of hydrogen-bond donors (Lipinski definition) is 1. The van der Waals surface area contributed by atoms with Gasteiger partial charge in [-0.05, 0) is 18.1 Å². The third-order valence-corrected chi connectivity index (χ3v) is 4.17. The molecule has 0 aliphatic carbocycles. The molecule has 1 aromatic heterocycles. The number of rotatable bonds is 5. The van der Waals surface area contributed by atoms with Crippen LogP contribution in [0.3, 0.4) is 0 Å². The molecular weight excluding hydrogens is 296 g/mol. The standard InChI is InChI=1S/C14H15ClN2O2S/c1-9-4-3-5-10(13(9)15)6-11-7-16-14(20-11)17-12(18)8-19-2/h3-5,7H,6,8H2,1-2H3,(H,16,17,18). The van der Waals surface area contributed by atoms with Gasteiger partial charge in [0.15, 0.2) is 5.13 Å². The number of thiazole rings is 1. The summed E-state index contributed by atoms with van der Waals surface area (Å²) in [7, 11) is 1.48. The largest absolute Gasteiger partial charge is 0.375 e. The number of aryl methyl sites for hydroxylation is 1. The Balaban J connectivity index is 2.06. The molecule has 106 valence electrons. The molecule has 0 radical (unpaired) electrons. The summed E-state index contributed by atoms with van der Waals surface area (Å²) in [6.45, 7) is 2.01. The first-order valence-electron chi connectivity index (χ1n) is 6.07.